The Balaban J connectivity index is 2.07. The molecule has 1 heterocycles. The molecule has 2 N–H and O–H groups in total. The number of nitro benzene ring substituents is 1. The monoisotopic (exact) mass is 257 g/mol. The van der Waals surface area contributed by atoms with Crippen LogP contribution in [-0.4, -0.2) is 21.4 Å². The van der Waals surface area contributed by atoms with Crippen LogP contribution < -0.4 is 5.32 Å². The van der Waals surface area contributed by atoms with Crippen LogP contribution in [0.25, 0.3) is 0 Å². The number of nitriles is 1. The molecule has 1 aromatic carbocycles. The molecule has 0 amide bonds. The van der Waals surface area contributed by atoms with Gasteiger partial charge in [-0.05, 0) is 12.1 Å². The van der Waals surface area contributed by atoms with Gasteiger partial charge in [0.25, 0.3) is 5.69 Å². The Labute approximate surface area is 109 Å². The van der Waals surface area contributed by atoms with E-state index in [9.17, 15) is 10.1 Å². The summed E-state index contributed by atoms with van der Waals surface area (Å²) in [6.07, 6.45) is 3.96. The fraction of sp³-hybridized carbons (Fsp3) is 0.167. The first kappa shape index (κ1) is 12.6. The number of aromatic amines is 1. The van der Waals surface area contributed by atoms with E-state index >= 15 is 0 Å². The fourth-order valence-electron chi connectivity index (χ4n) is 1.65. The number of imidazole rings is 1. The van der Waals surface area contributed by atoms with Gasteiger partial charge in [0.05, 0.1) is 22.9 Å². The Morgan fingerprint density at radius 2 is 2.37 bits per heavy atom. The lowest BCUT2D eigenvalue weighted by atomic mass is 10.2. The number of nitrogens with zero attached hydrogens (tertiary/aromatic N) is 3. The van der Waals surface area contributed by atoms with Crippen LogP contribution in [0.4, 0.5) is 11.4 Å². The maximum Gasteiger partial charge on any atom is 0.293 e. The molecule has 7 heteroatoms. The van der Waals surface area contributed by atoms with E-state index in [-0.39, 0.29) is 11.3 Å². The minimum atomic E-state index is -0.501. The van der Waals surface area contributed by atoms with Crippen LogP contribution in [0.5, 0.6) is 0 Å². The Bertz CT molecular complexity index is 616. The summed E-state index contributed by atoms with van der Waals surface area (Å²) in [5.41, 5.74) is 1.53. The van der Waals surface area contributed by atoms with Gasteiger partial charge in [-0.1, -0.05) is 0 Å². The third-order valence-electron chi connectivity index (χ3n) is 2.59. The first-order valence-corrected chi connectivity index (χ1v) is 5.60. The highest BCUT2D eigenvalue weighted by molar-refractivity contribution is 5.64. The van der Waals surface area contributed by atoms with Gasteiger partial charge in [0.1, 0.15) is 5.69 Å². The molecule has 0 spiro atoms. The van der Waals surface area contributed by atoms with Crippen molar-refractivity contribution in [3.8, 4) is 6.07 Å². The summed E-state index contributed by atoms with van der Waals surface area (Å²) in [4.78, 5) is 17.3. The predicted octanol–water partition coefficient (Wildman–Crippen LogP) is 1.84. The molecule has 0 radical (unpaired) electrons. The molecule has 0 saturated carbocycles. The van der Waals surface area contributed by atoms with E-state index < -0.39 is 4.92 Å². The summed E-state index contributed by atoms with van der Waals surface area (Å²) >= 11 is 0. The van der Waals surface area contributed by atoms with Crippen LogP contribution in [0, 0.1) is 21.4 Å². The topological polar surface area (TPSA) is 108 Å². The summed E-state index contributed by atoms with van der Waals surface area (Å²) in [5.74, 6) is 0. The third kappa shape index (κ3) is 3.07. The standard InChI is InChI=1S/C12H11N5O2/c13-6-9-1-2-11(12(5-9)17(18)19)15-4-3-10-7-14-8-16-10/h1-2,5,7-8,15H,3-4H2,(H,14,16). The Hall–Kier alpha value is -2.88. The number of H-pyrrole nitrogens is 1. The highest BCUT2D eigenvalue weighted by Crippen LogP contribution is 2.25. The predicted molar refractivity (Wildman–Crippen MR) is 68.6 cm³/mol. The second kappa shape index (κ2) is 5.64. The van der Waals surface area contributed by atoms with E-state index in [1.165, 1.54) is 6.07 Å². The largest absolute Gasteiger partial charge is 0.379 e. The molecule has 0 saturated heterocycles. The maximum absolute atomic E-state index is 10.9. The molecule has 2 rings (SSSR count). The van der Waals surface area contributed by atoms with E-state index in [0.29, 0.717) is 18.7 Å². The molecule has 0 aliphatic heterocycles. The van der Waals surface area contributed by atoms with E-state index in [1.54, 1.807) is 24.7 Å². The van der Waals surface area contributed by atoms with Crippen LogP contribution in [0.3, 0.4) is 0 Å². The number of nitrogens with one attached hydrogen (secondary N) is 2. The zero-order valence-electron chi connectivity index (χ0n) is 9.96. The van der Waals surface area contributed by atoms with Crippen molar-refractivity contribution in [2.75, 3.05) is 11.9 Å². The lowest BCUT2D eigenvalue weighted by molar-refractivity contribution is -0.384. The van der Waals surface area contributed by atoms with Crippen molar-refractivity contribution in [2.24, 2.45) is 0 Å². The average molecular weight is 257 g/mol. The zero-order valence-corrected chi connectivity index (χ0v) is 9.96. The summed E-state index contributed by atoms with van der Waals surface area (Å²) in [6, 6.07) is 6.24. The first-order chi connectivity index (χ1) is 9.20. The molecule has 0 aliphatic carbocycles. The molecule has 96 valence electrons. The molecule has 0 fully saturated rings. The van der Waals surface area contributed by atoms with Gasteiger partial charge in [-0.15, -0.1) is 0 Å². The van der Waals surface area contributed by atoms with Crippen LogP contribution in [0.2, 0.25) is 0 Å². The SMILES string of the molecule is N#Cc1ccc(NCCc2cnc[nH]2)c([N+](=O)[O-])c1. The minimum absolute atomic E-state index is 0.0938. The molecular weight excluding hydrogens is 246 g/mol. The van der Waals surface area contributed by atoms with Crippen molar-refractivity contribution in [1.82, 2.24) is 9.97 Å². The molecule has 0 aliphatic rings. The number of nitro groups is 1. The van der Waals surface area contributed by atoms with E-state index in [4.69, 9.17) is 5.26 Å². The third-order valence-corrected chi connectivity index (χ3v) is 2.59. The number of hydrogen-bond donors (Lipinski definition) is 2. The van der Waals surface area contributed by atoms with Crippen LogP contribution >= 0.6 is 0 Å². The summed E-state index contributed by atoms with van der Waals surface area (Å²) in [6.45, 7) is 0.537. The number of hydrogen-bond acceptors (Lipinski definition) is 5. The number of aromatic nitrogens is 2. The second-order valence-corrected chi connectivity index (χ2v) is 3.85. The van der Waals surface area contributed by atoms with Crippen molar-refractivity contribution in [2.45, 2.75) is 6.42 Å². The van der Waals surface area contributed by atoms with Crippen molar-refractivity contribution in [3.05, 3.63) is 52.1 Å². The normalized spacial score (nSPS) is 9.84. The molecule has 7 nitrogen and oxygen atoms in total. The maximum atomic E-state index is 10.9. The van der Waals surface area contributed by atoms with Crippen molar-refractivity contribution >= 4 is 11.4 Å². The lowest BCUT2D eigenvalue weighted by Crippen LogP contribution is -2.07. The van der Waals surface area contributed by atoms with Gasteiger partial charge in [-0.25, -0.2) is 4.98 Å². The highest BCUT2D eigenvalue weighted by atomic mass is 16.6. The van der Waals surface area contributed by atoms with E-state index in [1.807, 2.05) is 6.07 Å². The molecule has 0 atom stereocenters. The summed E-state index contributed by atoms with van der Waals surface area (Å²) < 4.78 is 0. The van der Waals surface area contributed by atoms with Gasteiger partial charge in [-0.2, -0.15) is 5.26 Å². The van der Waals surface area contributed by atoms with Gasteiger partial charge < -0.3 is 10.3 Å². The van der Waals surface area contributed by atoms with E-state index in [2.05, 4.69) is 15.3 Å². The summed E-state index contributed by atoms with van der Waals surface area (Å²) in [7, 11) is 0. The quantitative estimate of drug-likeness (QED) is 0.627. The van der Waals surface area contributed by atoms with Gasteiger partial charge in [-0.3, -0.25) is 10.1 Å². The van der Waals surface area contributed by atoms with Gasteiger partial charge in [0.15, 0.2) is 0 Å². The van der Waals surface area contributed by atoms with Gasteiger partial charge >= 0.3 is 0 Å². The van der Waals surface area contributed by atoms with Gasteiger partial charge in [0, 0.05) is 30.9 Å². The van der Waals surface area contributed by atoms with Gasteiger partial charge in [0.2, 0.25) is 0 Å². The number of benzene rings is 1. The molecule has 19 heavy (non-hydrogen) atoms. The van der Waals surface area contributed by atoms with Crippen molar-refractivity contribution in [3.63, 3.8) is 0 Å². The van der Waals surface area contributed by atoms with Crippen molar-refractivity contribution in [1.29, 1.82) is 5.26 Å². The average Bonchev–Trinajstić information content (AvgIpc) is 2.92. The lowest BCUT2D eigenvalue weighted by Gasteiger charge is -2.06. The Kier molecular flexibility index (Phi) is 3.73. The molecular formula is C12H11N5O2. The van der Waals surface area contributed by atoms with Crippen LogP contribution in [0.1, 0.15) is 11.3 Å². The highest BCUT2D eigenvalue weighted by Gasteiger charge is 2.14. The minimum Gasteiger partial charge on any atom is -0.379 e. The zero-order chi connectivity index (χ0) is 13.7. The van der Waals surface area contributed by atoms with Crippen LogP contribution in [-0.2, 0) is 6.42 Å². The fourth-order valence-corrected chi connectivity index (χ4v) is 1.65. The molecule has 0 bridgehead atoms. The first-order valence-electron chi connectivity index (χ1n) is 5.60. The van der Waals surface area contributed by atoms with Crippen LogP contribution in [0.15, 0.2) is 30.7 Å². The second-order valence-electron chi connectivity index (χ2n) is 3.85. The Morgan fingerprint density at radius 3 is 3.00 bits per heavy atom. The molecule has 1 aromatic heterocycles. The summed E-state index contributed by atoms with van der Waals surface area (Å²) in [5, 5.41) is 22.6. The molecule has 0 unspecified atom stereocenters. The smallest absolute Gasteiger partial charge is 0.293 e. The van der Waals surface area contributed by atoms with Crippen molar-refractivity contribution < 1.29 is 4.92 Å². The van der Waals surface area contributed by atoms with E-state index in [0.717, 1.165) is 5.69 Å². The Morgan fingerprint density at radius 1 is 1.53 bits per heavy atom. The number of anilines is 1. The number of rotatable bonds is 5. The molecule has 2 aromatic rings.